The Morgan fingerprint density at radius 3 is 2.48 bits per heavy atom. The Morgan fingerprint density at radius 2 is 1.68 bits per heavy atom. The van der Waals surface area contributed by atoms with Crippen molar-refractivity contribution in [2.45, 2.75) is 17.9 Å². The van der Waals surface area contributed by atoms with Crippen LogP contribution < -0.4 is 9.46 Å². The van der Waals surface area contributed by atoms with E-state index in [2.05, 4.69) is 15.8 Å². The maximum atomic E-state index is 13.7. The predicted molar refractivity (Wildman–Crippen MR) is 157 cm³/mol. The molecule has 7 nitrogen and oxygen atoms in total. The molecule has 1 aliphatic heterocycles. The van der Waals surface area contributed by atoms with Crippen molar-refractivity contribution in [1.29, 1.82) is 0 Å². The quantitative estimate of drug-likeness (QED) is 0.217. The summed E-state index contributed by atoms with van der Waals surface area (Å²) < 4.78 is 34.9. The molecule has 2 N–H and O–H groups in total. The number of nitrogens with one attached hydrogen (secondary N) is 2. The molecule has 0 unspecified atom stereocenters. The van der Waals surface area contributed by atoms with Crippen molar-refractivity contribution in [1.82, 2.24) is 9.88 Å². The van der Waals surface area contributed by atoms with E-state index in [1.165, 1.54) is 42.0 Å². The molecule has 0 spiro atoms. The molecule has 0 radical (unpaired) electrons. The molecule has 40 heavy (non-hydrogen) atoms. The number of aromatic nitrogens is 1. The van der Waals surface area contributed by atoms with Gasteiger partial charge >= 0.3 is 0 Å². The van der Waals surface area contributed by atoms with Gasteiger partial charge in [-0.25, -0.2) is 8.42 Å². The van der Waals surface area contributed by atoms with Gasteiger partial charge in [0.25, 0.3) is 15.9 Å². The molecular formula is C30H23Cl2N3O4S. The molecule has 2 heterocycles. The lowest BCUT2D eigenvalue weighted by Crippen LogP contribution is -2.36. The van der Waals surface area contributed by atoms with Crippen molar-refractivity contribution in [2.24, 2.45) is 0 Å². The van der Waals surface area contributed by atoms with E-state index in [1.54, 1.807) is 35.2 Å². The maximum Gasteiger partial charge on any atom is 0.261 e. The summed E-state index contributed by atoms with van der Waals surface area (Å²) >= 11 is 12.4. The smallest absolute Gasteiger partial charge is 0.261 e. The van der Waals surface area contributed by atoms with Crippen LogP contribution in [0, 0.1) is 0 Å². The number of sulfonamides is 1. The van der Waals surface area contributed by atoms with Crippen LogP contribution in [0.5, 0.6) is 11.5 Å². The molecule has 0 bridgehead atoms. The van der Waals surface area contributed by atoms with Crippen LogP contribution in [0.25, 0.3) is 10.9 Å². The highest BCUT2D eigenvalue weighted by Crippen LogP contribution is 2.32. The molecule has 0 aliphatic carbocycles. The van der Waals surface area contributed by atoms with Gasteiger partial charge in [0.05, 0.1) is 27.7 Å². The highest BCUT2D eigenvalue weighted by atomic mass is 35.5. The van der Waals surface area contributed by atoms with Gasteiger partial charge in [-0.1, -0.05) is 53.5 Å². The number of halogens is 2. The summed E-state index contributed by atoms with van der Waals surface area (Å²) in [6.07, 6.45) is 0.690. The maximum absolute atomic E-state index is 13.7. The lowest BCUT2D eigenvalue weighted by molar-refractivity contribution is 0.0734. The van der Waals surface area contributed by atoms with E-state index < -0.39 is 10.0 Å². The number of aromatic amines is 1. The number of rotatable bonds is 6. The number of amides is 1. The van der Waals surface area contributed by atoms with E-state index in [1.807, 2.05) is 18.2 Å². The fourth-order valence-corrected chi connectivity index (χ4v) is 6.29. The first kappa shape index (κ1) is 26.3. The molecule has 1 aliphatic rings. The summed E-state index contributed by atoms with van der Waals surface area (Å²) in [7, 11) is -4.03. The third kappa shape index (κ3) is 5.13. The molecule has 0 atom stereocenters. The van der Waals surface area contributed by atoms with Gasteiger partial charge in [-0.3, -0.25) is 9.52 Å². The van der Waals surface area contributed by atoms with E-state index in [4.69, 9.17) is 27.9 Å². The molecule has 1 aromatic heterocycles. The summed E-state index contributed by atoms with van der Waals surface area (Å²) in [5.41, 5.74) is 3.53. The van der Waals surface area contributed by atoms with Crippen molar-refractivity contribution >= 4 is 55.7 Å². The Hall–Kier alpha value is -3.98. The Morgan fingerprint density at radius 1 is 0.925 bits per heavy atom. The fourth-order valence-electron chi connectivity index (χ4n) is 4.86. The number of carbonyl (C=O) groups is 1. The van der Waals surface area contributed by atoms with Crippen LogP contribution >= 0.6 is 23.2 Å². The van der Waals surface area contributed by atoms with Gasteiger partial charge in [-0.05, 0) is 72.6 Å². The van der Waals surface area contributed by atoms with Crippen molar-refractivity contribution in [3.63, 3.8) is 0 Å². The third-order valence-electron chi connectivity index (χ3n) is 6.82. The SMILES string of the molecule is O=C(c1cc(Cl)ccc1NS(=O)(=O)c1ccc(Oc2ccccc2Cl)cc1)N1CCc2c([nH]c3ccccc23)C1. The zero-order chi connectivity index (χ0) is 27.9. The van der Waals surface area contributed by atoms with Crippen molar-refractivity contribution in [3.8, 4) is 11.5 Å². The minimum atomic E-state index is -4.03. The Labute approximate surface area is 241 Å². The second-order valence-electron chi connectivity index (χ2n) is 9.40. The molecule has 0 fully saturated rings. The Kier molecular flexibility index (Phi) is 6.92. The van der Waals surface area contributed by atoms with Crippen LogP contribution in [0.3, 0.4) is 0 Å². The lowest BCUT2D eigenvalue weighted by Gasteiger charge is -2.28. The van der Waals surface area contributed by atoms with Crippen molar-refractivity contribution in [3.05, 3.63) is 118 Å². The molecule has 10 heteroatoms. The van der Waals surface area contributed by atoms with Crippen LogP contribution in [0.2, 0.25) is 10.0 Å². The zero-order valence-electron chi connectivity index (χ0n) is 21.0. The largest absolute Gasteiger partial charge is 0.456 e. The second kappa shape index (κ2) is 10.5. The first-order valence-electron chi connectivity index (χ1n) is 12.5. The van der Waals surface area contributed by atoms with Gasteiger partial charge in [-0.15, -0.1) is 0 Å². The minimum absolute atomic E-state index is 0.00745. The number of hydrogen-bond acceptors (Lipinski definition) is 4. The Bertz CT molecular complexity index is 1850. The first-order chi connectivity index (χ1) is 19.3. The number of hydrogen-bond donors (Lipinski definition) is 2. The lowest BCUT2D eigenvalue weighted by atomic mass is 10.0. The number of benzene rings is 4. The number of fused-ring (bicyclic) bond motifs is 3. The molecule has 6 rings (SSSR count). The summed E-state index contributed by atoms with van der Waals surface area (Å²) in [5, 5.41) is 1.93. The summed E-state index contributed by atoms with van der Waals surface area (Å²) in [6.45, 7) is 0.883. The molecule has 1 amide bonds. The van der Waals surface area contributed by atoms with Gasteiger partial charge in [0.2, 0.25) is 0 Å². The average Bonchev–Trinajstić information content (AvgIpc) is 3.33. The second-order valence-corrected chi connectivity index (χ2v) is 11.9. The van der Waals surface area contributed by atoms with Gasteiger partial charge in [0.15, 0.2) is 0 Å². The monoisotopic (exact) mass is 591 g/mol. The average molecular weight is 593 g/mol. The molecule has 202 valence electrons. The molecule has 5 aromatic rings. The van der Waals surface area contributed by atoms with Crippen LogP contribution in [0.15, 0.2) is 95.9 Å². The van der Waals surface area contributed by atoms with E-state index in [-0.39, 0.29) is 22.1 Å². The van der Waals surface area contributed by atoms with Gasteiger partial charge in [0, 0.05) is 28.2 Å². The summed E-state index contributed by atoms with van der Waals surface area (Å²) in [6, 6.07) is 25.5. The zero-order valence-corrected chi connectivity index (χ0v) is 23.4. The molecular weight excluding hydrogens is 569 g/mol. The van der Waals surface area contributed by atoms with Crippen molar-refractivity contribution in [2.75, 3.05) is 11.3 Å². The fraction of sp³-hybridized carbons (Fsp3) is 0.100. The van der Waals surface area contributed by atoms with Gasteiger partial charge in [-0.2, -0.15) is 0 Å². The first-order valence-corrected chi connectivity index (χ1v) is 14.7. The number of para-hydroxylation sites is 2. The number of nitrogens with zero attached hydrogens (tertiary/aromatic N) is 1. The Balaban J connectivity index is 1.23. The van der Waals surface area contributed by atoms with Gasteiger partial charge in [0.1, 0.15) is 11.5 Å². The number of anilines is 1. The number of ether oxygens (including phenoxy) is 1. The van der Waals surface area contributed by atoms with E-state index in [0.717, 1.165) is 16.6 Å². The molecule has 0 saturated heterocycles. The van der Waals surface area contributed by atoms with Gasteiger partial charge < -0.3 is 14.6 Å². The third-order valence-corrected chi connectivity index (χ3v) is 8.75. The molecule has 4 aromatic carbocycles. The molecule has 0 saturated carbocycles. The minimum Gasteiger partial charge on any atom is -0.456 e. The number of carbonyl (C=O) groups excluding carboxylic acids is 1. The summed E-state index contributed by atoms with van der Waals surface area (Å²) in [5.74, 6) is 0.573. The van der Waals surface area contributed by atoms with Crippen molar-refractivity contribution < 1.29 is 17.9 Å². The van der Waals surface area contributed by atoms with E-state index >= 15 is 0 Å². The van der Waals surface area contributed by atoms with E-state index in [0.29, 0.717) is 41.1 Å². The highest BCUT2D eigenvalue weighted by molar-refractivity contribution is 7.92. The highest BCUT2D eigenvalue weighted by Gasteiger charge is 2.27. The normalized spacial score (nSPS) is 13.2. The standard InChI is InChI=1S/C30H23Cl2N3O4S/c31-19-9-14-27(34-40(37,38)21-12-10-20(11-13-21)39-29-8-4-2-6-25(29)32)24(17-19)30(36)35-16-15-23-22-5-1-3-7-26(22)33-28(23)18-35/h1-14,17,33-34H,15-16,18H2. The predicted octanol–water partition coefficient (Wildman–Crippen LogP) is 7.27. The van der Waals surface area contributed by atoms with Crippen LogP contribution in [-0.2, 0) is 23.0 Å². The topological polar surface area (TPSA) is 91.5 Å². The van der Waals surface area contributed by atoms with E-state index in [9.17, 15) is 13.2 Å². The van der Waals surface area contributed by atoms with Crippen LogP contribution in [-0.4, -0.2) is 30.8 Å². The van der Waals surface area contributed by atoms with Crippen LogP contribution in [0.4, 0.5) is 5.69 Å². The number of H-pyrrole nitrogens is 1. The summed E-state index contributed by atoms with van der Waals surface area (Å²) in [4.78, 5) is 18.8. The van der Waals surface area contributed by atoms with Crippen LogP contribution in [0.1, 0.15) is 21.6 Å².